The van der Waals surface area contributed by atoms with Crippen LogP contribution in [0.25, 0.3) is 0 Å². The van der Waals surface area contributed by atoms with Gasteiger partial charge in [-0.25, -0.2) is 0 Å². The quantitative estimate of drug-likeness (QED) is 0.791. The third-order valence-electron chi connectivity index (χ3n) is 4.18. The number of carbonyl (C=O) groups is 3. The number of anilines is 1. The van der Waals surface area contributed by atoms with Gasteiger partial charge in [0.15, 0.2) is 0 Å². The molecule has 2 aliphatic rings. The molecule has 0 radical (unpaired) electrons. The zero-order valence-electron chi connectivity index (χ0n) is 12.0. The lowest BCUT2D eigenvalue weighted by atomic mass is 10.1. The predicted molar refractivity (Wildman–Crippen MR) is 77.7 cm³/mol. The monoisotopic (exact) mass is 286 g/mol. The Kier molecular flexibility index (Phi) is 3.49. The lowest BCUT2D eigenvalue weighted by Crippen LogP contribution is -2.39. The summed E-state index contributed by atoms with van der Waals surface area (Å²) < 4.78 is 0. The van der Waals surface area contributed by atoms with Crippen molar-refractivity contribution in [2.45, 2.75) is 38.6 Å². The zero-order valence-corrected chi connectivity index (χ0v) is 12.0. The summed E-state index contributed by atoms with van der Waals surface area (Å²) in [4.78, 5) is 38.6. The first-order valence-corrected chi connectivity index (χ1v) is 7.31. The van der Waals surface area contributed by atoms with Crippen LogP contribution in [0.4, 0.5) is 5.69 Å². The van der Waals surface area contributed by atoms with E-state index in [-0.39, 0.29) is 49.6 Å². The fourth-order valence-corrected chi connectivity index (χ4v) is 3.15. The van der Waals surface area contributed by atoms with E-state index in [1.165, 1.54) is 10.5 Å². The van der Waals surface area contributed by atoms with Crippen molar-refractivity contribution in [1.29, 1.82) is 0 Å². The Hall–Kier alpha value is -2.17. The number of nitrogens with zero attached hydrogens (tertiary/aromatic N) is 2. The number of imide groups is 1. The first kappa shape index (κ1) is 13.8. The van der Waals surface area contributed by atoms with Crippen molar-refractivity contribution >= 4 is 23.4 Å². The molecule has 1 aromatic carbocycles. The van der Waals surface area contributed by atoms with Crippen molar-refractivity contribution in [3.8, 4) is 0 Å². The largest absolute Gasteiger partial charge is 0.309 e. The van der Waals surface area contributed by atoms with Crippen molar-refractivity contribution in [3.63, 3.8) is 0 Å². The van der Waals surface area contributed by atoms with Gasteiger partial charge in [-0.15, -0.1) is 0 Å². The Bertz CT molecular complexity index is 595. The second-order valence-electron chi connectivity index (χ2n) is 5.63. The minimum Gasteiger partial charge on any atom is -0.309 e. The van der Waals surface area contributed by atoms with Crippen LogP contribution >= 0.6 is 0 Å². The molecular formula is C16H18N2O3. The maximum absolute atomic E-state index is 12.5. The molecule has 5 nitrogen and oxygen atoms in total. The molecule has 0 saturated carbocycles. The molecule has 3 amide bonds. The molecule has 0 N–H and O–H groups in total. The van der Waals surface area contributed by atoms with Crippen LogP contribution in [0.15, 0.2) is 24.3 Å². The van der Waals surface area contributed by atoms with E-state index in [9.17, 15) is 14.4 Å². The zero-order chi connectivity index (χ0) is 15.0. The van der Waals surface area contributed by atoms with Crippen LogP contribution < -0.4 is 4.90 Å². The molecule has 1 aromatic rings. The minimum atomic E-state index is -0.164. The third kappa shape index (κ3) is 2.44. The molecule has 3 rings (SSSR count). The van der Waals surface area contributed by atoms with Crippen molar-refractivity contribution < 1.29 is 14.4 Å². The number of rotatable bonds is 3. The summed E-state index contributed by atoms with van der Waals surface area (Å²) in [6.45, 7) is 2.21. The SMILES string of the molecule is C[C@@H]1Cc2ccccc2N1C(=O)CCN1C(=O)CCC1=O. The van der Waals surface area contributed by atoms with Crippen LogP contribution in [0.1, 0.15) is 31.7 Å². The highest BCUT2D eigenvalue weighted by Crippen LogP contribution is 2.32. The number of amides is 3. The van der Waals surface area contributed by atoms with E-state index < -0.39 is 0 Å². The molecule has 21 heavy (non-hydrogen) atoms. The molecule has 2 heterocycles. The highest BCUT2D eigenvalue weighted by Gasteiger charge is 2.33. The molecule has 0 aliphatic carbocycles. The standard InChI is InChI=1S/C16H18N2O3/c1-11-10-12-4-2-3-5-13(12)18(11)16(21)8-9-17-14(19)6-7-15(17)20/h2-5,11H,6-10H2,1H3/t11-/m1/s1. The van der Waals surface area contributed by atoms with Crippen molar-refractivity contribution in [2.24, 2.45) is 0 Å². The maximum atomic E-state index is 12.5. The molecule has 0 spiro atoms. The van der Waals surface area contributed by atoms with Gasteiger partial charge in [-0.2, -0.15) is 0 Å². The van der Waals surface area contributed by atoms with Gasteiger partial charge in [0, 0.05) is 37.5 Å². The van der Waals surface area contributed by atoms with E-state index in [1.807, 2.05) is 31.2 Å². The molecule has 1 atom stereocenters. The highest BCUT2D eigenvalue weighted by molar-refractivity contribution is 6.03. The van der Waals surface area contributed by atoms with Crippen LogP contribution in [0.3, 0.4) is 0 Å². The molecule has 0 aromatic heterocycles. The van der Waals surface area contributed by atoms with Crippen molar-refractivity contribution in [1.82, 2.24) is 4.90 Å². The van der Waals surface area contributed by atoms with Gasteiger partial charge in [0.1, 0.15) is 0 Å². The number of hydrogen-bond acceptors (Lipinski definition) is 3. The molecule has 1 fully saturated rings. The fourth-order valence-electron chi connectivity index (χ4n) is 3.15. The first-order chi connectivity index (χ1) is 10.1. The average Bonchev–Trinajstić information content (AvgIpc) is 2.96. The fraction of sp³-hybridized carbons (Fsp3) is 0.438. The molecule has 0 unspecified atom stereocenters. The summed E-state index contributed by atoms with van der Waals surface area (Å²) >= 11 is 0. The van der Waals surface area contributed by atoms with Crippen LogP contribution in [0, 0.1) is 0 Å². The van der Waals surface area contributed by atoms with E-state index >= 15 is 0 Å². The predicted octanol–water partition coefficient (Wildman–Crippen LogP) is 1.50. The van der Waals surface area contributed by atoms with Gasteiger partial charge in [-0.05, 0) is 25.0 Å². The van der Waals surface area contributed by atoms with Crippen LogP contribution in [-0.2, 0) is 20.8 Å². The lowest BCUT2D eigenvalue weighted by Gasteiger charge is -2.24. The Balaban J connectivity index is 1.69. The van der Waals surface area contributed by atoms with Crippen molar-refractivity contribution in [2.75, 3.05) is 11.4 Å². The molecular weight excluding hydrogens is 268 g/mol. The second kappa shape index (κ2) is 5.31. The van der Waals surface area contributed by atoms with Crippen molar-refractivity contribution in [3.05, 3.63) is 29.8 Å². The van der Waals surface area contributed by atoms with Gasteiger partial charge in [0.2, 0.25) is 17.7 Å². The molecule has 110 valence electrons. The Labute approximate surface area is 123 Å². The highest BCUT2D eigenvalue weighted by atomic mass is 16.2. The van der Waals surface area contributed by atoms with E-state index in [2.05, 4.69) is 0 Å². The normalized spacial score (nSPS) is 21.1. The summed E-state index contributed by atoms with van der Waals surface area (Å²) in [6.07, 6.45) is 1.59. The number of hydrogen-bond donors (Lipinski definition) is 0. The van der Waals surface area contributed by atoms with Gasteiger partial charge in [-0.1, -0.05) is 18.2 Å². The number of carbonyl (C=O) groups excluding carboxylic acids is 3. The summed E-state index contributed by atoms with van der Waals surface area (Å²) in [5, 5.41) is 0. The Morgan fingerprint density at radius 3 is 2.57 bits per heavy atom. The summed E-state index contributed by atoms with van der Waals surface area (Å²) in [5.41, 5.74) is 2.13. The Morgan fingerprint density at radius 2 is 1.86 bits per heavy atom. The Morgan fingerprint density at radius 1 is 1.19 bits per heavy atom. The molecule has 5 heteroatoms. The van der Waals surface area contributed by atoms with Gasteiger partial charge >= 0.3 is 0 Å². The smallest absolute Gasteiger partial charge is 0.229 e. The minimum absolute atomic E-state index is 0.0278. The topological polar surface area (TPSA) is 57.7 Å². The number of fused-ring (bicyclic) bond motifs is 1. The molecule has 1 saturated heterocycles. The van der Waals surface area contributed by atoms with E-state index in [1.54, 1.807) is 4.90 Å². The van der Waals surface area contributed by atoms with Crippen LogP contribution in [0.2, 0.25) is 0 Å². The third-order valence-corrected chi connectivity index (χ3v) is 4.18. The lowest BCUT2D eigenvalue weighted by molar-refractivity contribution is -0.138. The van der Waals surface area contributed by atoms with E-state index in [0.717, 1.165) is 12.1 Å². The number of benzene rings is 1. The first-order valence-electron chi connectivity index (χ1n) is 7.31. The van der Waals surface area contributed by atoms with E-state index in [4.69, 9.17) is 0 Å². The summed E-state index contributed by atoms with van der Waals surface area (Å²) in [7, 11) is 0. The maximum Gasteiger partial charge on any atom is 0.229 e. The van der Waals surface area contributed by atoms with Crippen LogP contribution in [0.5, 0.6) is 0 Å². The summed E-state index contributed by atoms with van der Waals surface area (Å²) in [5.74, 6) is -0.356. The van der Waals surface area contributed by atoms with Gasteiger partial charge in [-0.3, -0.25) is 19.3 Å². The summed E-state index contributed by atoms with van der Waals surface area (Å²) in [6, 6.07) is 8.00. The second-order valence-corrected chi connectivity index (χ2v) is 5.63. The number of likely N-dealkylation sites (tertiary alicyclic amines) is 1. The van der Waals surface area contributed by atoms with Crippen LogP contribution in [-0.4, -0.2) is 35.2 Å². The van der Waals surface area contributed by atoms with Gasteiger partial charge < -0.3 is 4.90 Å². The van der Waals surface area contributed by atoms with Gasteiger partial charge in [0.25, 0.3) is 0 Å². The molecule has 0 bridgehead atoms. The average molecular weight is 286 g/mol. The van der Waals surface area contributed by atoms with E-state index in [0.29, 0.717) is 0 Å². The number of para-hydroxylation sites is 1. The van der Waals surface area contributed by atoms with Gasteiger partial charge in [0.05, 0.1) is 0 Å². The molecule has 2 aliphatic heterocycles.